The van der Waals surface area contributed by atoms with Crippen molar-refractivity contribution >= 4 is 27.8 Å². The van der Waals surface area contributed by atoms with Crippen molar-refractivity contribution in [1.29, 1.82) is 0 Å². The van der Waals surface area contributed by atoms with Gasteiger partial charge in [0.25, 0.3) is 5.91 Å². The topological polar surface area (TPSA) is 73.9 Å². The minimum atomic E-state index is -0.541. The Bertz CT molecular complexity index is 735. The fraction of sp³-hybridized carbons (Fsp3) is 0.222. The predicted octanol–water partition coefficient (Wildman–Crippen LogP) is 2.81. The van der Waals surface area contributed by atoms with E-state index in [0.717, 1.165) is 4.47 Å². The highest BCUT2D eigenvalue weighted by atomic mass is 79.9. The molecule has 0 aliphatic heterocycles. The Morgan fingerprint density at radius 1 is 1.08 bits per heavy atom. The van der Waals surface area contributed by atoms with Gasteiger partial charge in [-0.05, 0) is 30.3 Å². The Hall–Kier alpha value is -2.54. The van der Waals surface area contributed by atoms with Crippen LogP contribution in [0.5, 0.6) is 11.5 Å². The van der Waals surface area contributed by atoms with Crippen molar-refractivity contribution in [2.75, 3.05) is 26.9 Å². The van der Waals surface area contributed by atoms with E-state index in [9.17, 15) is 9.59 Å². The normalized spacial score (nSPS) is 10.0. The van der Waals surface area contributed by atoms with Crippen LogP contribution in [0.15, 0.2) is 53.0 Å². The molecule has 0 unspecified atom stereocenters. The van der Waals surface area contributed by atoms with Crippen molar-refractivity contribution in [2.24, 2.45) is 0 Å². The third-order valence-electron chi connectivity index (χ3n) is 3.16. The molecule has 2 aromatic rings. The smallest absolute Gasteiger partial charge is 0.325 e. The van der Waals surface area contributed by atoms with Gasteiger partial charge < -0.3 is 19.5 Å². The van der Waals surface area contributed by atoms with Crippen molar-refractivity contribution in [1.82, 2.24) is 5.32 Å². The first-order valence-corrected chi connectivity index (χ1v) is 8.34. The van der Waals surface area contributed by atoms with Crippen molar-refractivity contribution in [3.63, 3.8) is 0 Å². The highest BCUT2D eigenvalue weighted by Gasteiger charge is 2.13. The second-order valence-corrected chi connectivity index (χ2v) is 5.82. The molecule has 0 heterocycles. The molecule has 0 saturated carbocycles. The average Bonchev–Trinajstić information content (AvgIpc) is 2.63. The van der Waals surface area contributed by atoms with Crippen LogP contribution >= 0.6 is 15.9 Å². The van der Waals surface area contributed by atoms with E-state index in [1.165, 1.54) is 7.11 Å². The lowest BCUT2D eigenvalue weighted by atomic mass is 10.2. The van der Waals surface area contributed by atoms with Gasteiger partial charge in [-0.25, -0.2) is 0 Å². The van der Waals surface area contributed by atoms with Crippen LogP contribution in [0, 0.1) is 0 Å². The maximum atomic E-state index is 12.0. The van der Waals surface area contributed by atoms with Gasteiger partial charge in [-0.1, -0.05) is 34.1 Å². The van der Waals surface area contributed by atoms with Crippen LogP contribution in [-0.2, 0) is 9.53 Å². The van der Waals surface area contributed by atoms with Crippen LogP contribution < -0.4 is 14.8 Å². The second-order valence-electron chi connectivity index (χ2n) is 4.91. The lowest BCUT2D eigenvalue weighted by Crippen LogP contribution is -2.31. The van der Waals surface area contributed by atoms with E-state index in [4.69, 9.17) is 14.2 Å². The van der Waals surface area contributed by atoms with Gasteiger partial charge in [0.15, 0.2) is 0 Å². The number of hydrogen-bond donors (Lipinski definition) is 1. The molecule has 7 heteroatoms. The van der Waals surface area contributed by atoms with Crippen molar-refractivity contribution in [3.8, 4) is 11.5 Å². The maximum Gasteiger partial charge on any atom is 0.325 e. The molecule has 1 amide bonds. The summed E-state index contributed by atoms with van der Waals surface area (Å²) in [5.41, 5.74) is 0.357. The molecule has 0 fully saturated rings. The van der Waals surface area contributed by atoms with Crippen LogP contribution in [0.2, 0.25) is 0 Å². The summed E-state index contributed by atoms with van der Waals surface area (Å²) in [6.07, 6.45) is 0. The molecule has 0 atom stereocenters. The third kappa shape index (κ3) is 6.11. The van der Waals surface area contributed by atoms with E-state index in [-0.39, 0.29) is 19.8 Å². The number of ether oxygens (including phenoxy) is 3. The molecule has 0 aliphatic carbocycles. The summed E-state index contributed by atoms with van der Waals surface area (Å²) in [4.78, 5) is 23.7. The second kappa shape index (κ2) is 9.68. The zero-order valence-corrected chi connectivity index (χ0v) is 15.2. The van der Waals surface area contributed by atoms with E-state index >= 15 is 0 Å². The van der Waals surface area contributed by atoms with Crippen LogP contribution in [0.4, 0.5) is 0 Å². The summed E-state index contributed by atoms with van der Waals surface area (Å²) in [7, 11) is 1.48. The monoisotopic (exact) mass is 407 g/mol. The zero-order chi connectivity index (χ0) is 18.1. The van der Waals surface area contributed by atoms with Gasteiger partial charge in [-0.15, -0.1) is 0 Å². The maximum absolute atomic E-state index is 12.0. The van der Waals surface area contributed by atoms with Crippen LogP contribution in [0.1, 0.15) is 10.4 Å². The first-order chi connectivity index (χ1) is 12.1. The molecule has 6 nitrogen and oxygen atoms in total. The summed E-state index contributed by atoms with van der Waals surface area (Å²) in [5, 5.41) is 2.50. The highest BCUT2D eigenvalue weighted by Crippen LogP contribution is 2.18. The molecular formula is C18H18BrNO5. The van der Waals surface area contributed by atoms with Gasteiger partial charge in [0.1, 0.15) is 31.3 Å². The first kappa shape index (κ1) is 18.8. The molecule has 0 radical (unpaired) electrons. The average molecular weight is 408 g/mol. The van der Waals surface area contributed by atoms with Crippen molar-refractivity contribution in [3.05, 3.63) is 58.6 Å². The molecule has 132 valence electrons. The third-order valence-corrected chi connectivity index (χ3v) is 3.65. The summed E-state index contributed by atoms with van der Waals surface area (Å²) in [5.74, 6) is 0.173. The molecule has 25 heavy (non-hydrogen) atoms. The molecular weight excluding hydrogens is 390 g/mol. The van der Waals surface area contributed by atoms with Gasteiger partial charge in [-0.2, -0.15) is 0 Å². The summed E-state index contributed by atoms with van der Waals surface area (Å²) < 4.78 is 16.5. The van der Waals surface area contributed by atoms with E-state index in [0.29, 0.717) is 17.1 Å². The van der Waals surface area contributed by atoms with E-state index in [2.05, 4.69) is 21.2 Å². The van der Waals surface area contributed by atoms with Crippen molar-refractivity contribution in [2.45, 2.75) is 0 Å². The molecule has 0 aliphatic rings. The van der Waals surface area contributed by atoms with Gasteiger partial charge in [0.05, 0.1) is 12.7 Å². The zero-order valence-electron chi connectivity index (χ0n) is 13.7. The number of halogens is 1. The Morgan fingerprint density at radius 2 is 1.88 bits per heavy atom. The van der Waals surface area contributed by atoms with E-state index < -0.39 is 11.9 Å². The minimum absolute atomic E-state index is 0.0931. The highest BCUT2D eigenvalue weighted by molar-refractivity contribution is 9.10. The van der Waals surface area contributed by atoms with Gasteiger partial charge >= 0.3 is 5.97 Å². The number of carbonyl (C=O) groups excluding carboxylic acids is 2. The van der Waals surface area contributed by atoms with E-state index in [1.54, 1.807) is 30.3 Å². The minimum Gasteiger partial charge on any atom is -0.496 e. The summed E-state index contributed by atoms with van der Waals surface area (Å²) in [6, 6.07) is 14.1. The lowest BCUT2D eigenvalue weighted by Gasteiger charge is -2.10. The molecule has 0 saturated heterocycles. The van der Waals surface area contributed by atoms with Crippen LogP contribution in [0.3, 0.4) is 0 Å². The molecule has 0 bridgehead atoms. The number of hydrogen-bond acceptors (Lipinski definition) is 5. The standard InChI is InChI=1S/C18H18BrNO5/c1-23-16-8-3-2-7-15(16)18(22)20-12-17(21)25-10-9-24-14-6-4-5-13(19)11-14/h2-8,11H,9-10,12H2,1H3,(H,20,22). The number of para-hydroxylation sites is 1. The SMILES string of the molecule is COc1ccccc1C(=O)NCC(=O)OCCOc1cccc(Br)c1. The number of rotatable bonds is 8. The number of nitrogens with one attached hydrogen (secondary N) is 1. The quantitative estimate of drug-likeness (QED) is 0.537. The molecule has 2 aromatic carbocycles. The largest absolute Gasteiger partial charge is 0.496 e. The fourth-order valence-electron chi connectivity index (χ4n) is 2.00. The molecule has 1 N–H and O–H groups in total. The number of methoxy groups -OCH3 is 1. The Balaban J connectivity index is 1.69. The van der Waals surface area contributed by atoms with Crippen LogP contribution in [0.25, 0.3) is 0 Å². The van der Waals surface area contributed by atoms with Gasteiger partial charge in [-0.3, -0.25) is 9.59 Å². The Kier molecular flexibility index (Phi) is 7.28. The Labute approximate surface area is 154 Å². The fourth-order valence-corrected chi connectivity index (χ4v) is 2.38. The molecule has 0 aromatic heterocycles. The molecule has 0 spiro atoms. The Morgan fingerprint density at radius 3 is 2.64 bits per heavy atom. The summed E-state index contributed by atoms with van der Waals surface area (Å²) >= 11 is 3.34. The number of amides is 1. The first-order valence-electron chi connectivity index (χ1n) is 7.55. The number of carbonyl (C=O) groups is 2. The van der Waals surface area contributed by atoms with Gasteiger partial charge in [0, 0.05) is 4.47 Å². The number of benzene rings is 2. The van der Waals surface area contributed by atoms with Crippen LogP contribution in [-0.4, -0.2) is 38.7 Å². The predicted molar refractivity (Wildman–Crippen MR) is 95.9 cm³/mol. The van der Waals surface area contributed by atoms with Gasteiger partial charge in [0.2, 0.25) is 0 Å². The van der Waals surface area contributed by atoms with Crippen molar-refractivity contribution < 1.29 is 23.8 Å². The molecule has 2 rings (SSSR count). The lowest BCUT2D eigenvalue weighted by molar-refractivity contribution is -0.143. The summed E-state index contributed by atoms with van der Waals surface area (Å²) in [6.45, 7) is 0.0896. The van der Waals surface area contributed by atoms with E-state index in [1.807, 2.05) is 18.2 Å². The number of esters is 1.